The van der Waals surface area contributed by atoms with Crippen molar-refractivity contribution in [2.45, 2.75) is 52.1 Å². The summed E-state index contributed by atoms with van der Waals surface area (Å²) in [5, 5.41) is 0. The Morgan fingerprint density at radius 3 is 2.29 bits per heavy atom. The second-order valence-electron chi connectivity index (χ2n) is 8.18. The van der Waals surface area contributed by atoms with Crippen LogP contribution in [0.2, 0.25) is 0 Å². The van der Waals surface area contributed by atoms with Gasteiger partial charge in [0.15, 0.2) is 0 Å². The predicted octanol–water partition coefficient (Wildman–Crippen LogP) is 4.95. The van der Waals surface area contributed by atoms with Gasteiger partial charge in [0.1, 0.15) is 17.3 Å². The molecule has 2 aromatic carbocycles. The van der Waals surface area contributed by atoms with Gasteiger partial charge in [0.05, 0.1) is 14.2 Å². The molecule has 0 spiro atoms. The molecule has 1 amide bonds. The number of aryl methyl sites for hydroxylation is 1. The maximum atomic E-state index is 14.2. The summed E-state index contributed by atoms with van der Waals surface area (Å²) < 4.78 is 25.0. The molecule has 0 unspecified atom stereocenters. The summed E-state index contributed by atoms with van der Waals surface area (Å²) in [6.45, 7) is 6.27. The first-order chi connectivity index (χ1) is 14.9. The van der Waals surface area contributed by atoms with Crippen LogP contribution in [-0.4, -0.2) is 44.2 Å². The molecule has 5 nitrogen and oxygen atoms in total. The maximum absolute atomic E-state index is 14.2. The van der Waals surface area contributed by atoms with Gasteiger partial charge in [0.25, 0.3) is 0 Å². The summed E-state index contributed by atoms with van der Waals surface area (Å²) in [5.41, 5.74) is 2.39. The third-order valence-electron chi connectivity index (χ3n) is 5.91. The van der Waals surface area contributed by atoms with E-state index in [1.807, 2.05) is 36.1 Å². The van der Waals surface area contributed by atoms with Gasteiger partial charge in [0, 0.05) is 43.9 Å². The molecule has 6 heteroatoms. The molecule has 2 aromatic rings. The van der Waals surface area contributed by atoms with Crippen molar-refractivity contribution in [2.24, 2.45) is 0 Å². The van der Waals surface area contributed by atoms with Crippen LogP contribution in [0.15, 0.2) is 36.4 Å². The molecule has 0 N–H and O–H groups in total. The lowest BCUT2D eigenvalue weighted by atomic mass is 10.00. The number of halogens is 1. The molecule has 0 radical (unpaired) electrons. The van der Waals surface area contributed by atoms with E-state index in [9.17, 15) is 9.18 Å². The van der Waals surface area contributed by atoms with Crippen LogP contribution in [0.1, 0.15) is 43.7 Å². The third kappa shape index (κ3) is 5.76. The van der Waals surface area contributed by atoms with Gasteiger partial charge in [-0.25, -0.2) is 4.39 Å². The normalized spacial score (nSPS) is 15.0. The fourth-order valence-electron chi connectivity index (χ4n) is 4.18. The van der Waals surface area contributed by atoms with E-state index >= 15 is 0 Å². The SMILES string of the molecule is CCCC(=O)N(c1ccc(C)c(F)c1)C1CCN(Cc2cc(OC)cc(OC)c2)CC1. The van der Waals surface area contributed by atoms with Crippen LogP contribution in [0.4, 0.5) is 10.1 Å². The average molecular weight is 429 g/mol. The number of ether oxygens (including phenoxy) is 2. The van der Waals surface area contributed by atoms with Crippen LogP contribution >= 0.6 is 0 Å². The quantitative estimate of drug-likeness (QED) is 0.597. The Morgan fingerprint density at radius 2 is 1.74 bits per heavy atom. The number of rotatable bonds is 8. The van der Waals surface area contributed by atoms with Gasteiger partial charge >= 0.3 is 0 Å². The zero-order valence-electron chi connectivity index (χ0n) is 19.0. The van der Waals surface area contributed by atoms with Crippen molar-refractivity contribution in [3.05, 3.63) is 53.3 Å². The molecule has 0 aliphatic carbocycles. The van der Waals surface area contributed by atoms with Crippen molar-refractivity contribution in [1.29, 1.82) is 0 Å². The monoisotopic (exact) mass is 428 g/mol. The second-order valence-corrected chi connectivity index (χ2v) is 8.18. The van der Waals surface area contributed by atoms with E-state index in [0.717, 1.165) is 56.0 Å². The molecule has 3 rings (SSSR count). The van der Waals surface area contributed by atoms with Gasteiger partial charge in [-0.15, -0.1) is 0 Å². The van der Waals surface area contributed by atoms with Gasteiger partial charge in [-0.1, -0.05) is 13.0 Å². The topological polar surface area (TPSA) is 42.0 Å². The van der Waals surface area contributed by atoms with Crippen LogP contribution in [0, 0.1) is 12.7 Å². The number of carbonyl (C=O) groups is 1. The summed E-state index contributed by atoms with van der Waals surface area (Å²) in [6, 6.07) is 11.1. The van der Waals surface area contributed by atoms with Crippen molar-refractivity contribution >= 4 is 11.6 Å². The average Bonchev–Trinajstić information content (AvgIpc) is 2.77. The fourth-order valence-corrected chi connectivity index (χ4v) is 4.18. The first-order valence-electron chi connectivity index (χ1n) is 11.0. The minimum Gasteiger partial charge on any atom is -0.497 e. The highest BCUT2D eigenvalue weighted by Gasteiger charge is 2.29. The zero-order valence-corrected chi connectivity index (χ0v) is 19.0. The van der Waals surface area contributed by atoms with Crippen molar-refractivity contribution in [3.63, 3.8) is 0 Å². The molecule has 1 heterocycles. The molecule has 0 aromatic heterocycles. The van der Waals surface area contributed by atoms with E-state index in [4.69, 9.17) is 9.47 Å². The van der Waals surface area contributed by atoms with E-state index in [-0.39, 0.29) is 17.8 Å². The van der Waals surface area contributed by atoms with Crippen LogP contribution < -0.4 is 14.4 Å². The standard InChI is InChI=1S/C25H33FN2O3/c1-5-6-25(29)28(21-8-7-18(2)24(26)15-21)20-9-11-27(12-10-20)17-19-13-22(30-3)16-23(14-19)31-4/h7-8,13-16,20H,5-6,9-12,17H2,1-4H3. The number of piperidine rings is 1. The van der Waals surface area contributed by atoms with Crippen molar-refractivity contribution in [1.82, 2.24) is 4.90 Å². The molecule has 1 fully saturated rings. The summed E-state index contributed by atoms with van der Waals surface area (Å²) in [5.74, 6) is 1.36. The third-order valence-corrected chi connectivity index (χ3v) is 5.91. The summed E-state index contributed by atoms with van der Waals surface area (Å²) >= 11 is 0. The molecule has 168 valence electrons. The maximum Gasteiger partial charge on any atom is 0.227 e. The number of nitrogens with zero attached hydrogens (tertiary/aromatic N) is 2. The Bertz CT molecular complexity index is 872. The predicted molar refractivity (Wildman–Crippen MR) is 121 cm³/mol. The van der Waals surface area contributed by atoms with Gasteiger partial charge in [-0.2, -0.15) is 0 Å². The minimum absolute atomic E-state index is 0.0711. The Labute approximate surface area is 184 Å². The smallest absolute Gasteiger partial charge is 0.227 e. The van der Waals surface area contributed by atoms with Gasteiger partial charge in [-0.05, 0) is 61.6 Å². The van der Waals surface area contributed by atoms with Gasteiger partial charge in [-0.3, -0.25) is 9.69 Å². The van der Waals surface area contributed by atoms with Crippen molar-refractivity contribution < 1.29 is 18.7 Å². The van der Waals surface area contributed by atoms with Crippen LogP contribution in [-0.2, 0) is 11.3 Å². The van der Waals surface area contributed by atoms with E-state index in [1.165, 1.54) is 6.07 Å². The van der Waals surface area contributed by atoms with Crippen molar-refractivity contribution in [3.8, 4) is 11.5 Å². The Kier molecular flexibility index (Phi) is 7.91. The number of amides is 1. The molecule has 1 saturated heterocycles. The molecule has 0 saturated carbocycles. The lowest BCUT2D eigenvalue weighted by molar-refractivity contribution is -0.119. The highest BCUT2D eigenvalue weighted by molar-refractivity contribution is 5.94. The van der Waals surface area contributed by atoms with E-state index in [0.29, 0.717) is 17.7 Å². The van der Waals surface area contributed by atoms with E-state index in [2.05, 4.69) is 4.90 Å². The Balaban J connectivity index is 1.70. The van der Waals surface area contributed by atoms with E-state index < -0.39 is 0 Å². The highest BCUT2D eigenvalue weighted by Crippen LogP contribution is 2.28. The number of likely N-dealkylation sites (tertiary alicyclic amines) is 1. The minimum atomic E-state index is -0.267. The zero-order chi connectivity index (χ0) is 22.4. The molecule has 1 aliphatic rings. The number of hydrogen-bond acceptors (Lipinski definition) is 4. The summed E-state index contributed by atoms with van der Waals surface area (Å²) in [4.78, 5) is 17.1. The van der Waals surface area contributed by atoms with Crippen molar-refractivity contribution in [2.75, 3.05) is 32.2 Å². The molecule has 1 aliphatic heterocycles. The van der Waals surface area contributed by atoms with Crippen LogP contribution in [0.25, 0.3) is 0 Å². The lowest BCUT2D eigenvalue weighted by Gasteiger charge is -2.39. The second kappa shape index (κ2) is 10.6. The number of anilines is 1. The van der Waals surface area contributed by atoms with E-state index in [1.54, 1.807) is 27.2 Å². The van der Waals surface area contributed by atoms with Gasteiger partial charge < -0.3 is 14.4 Å². The van der Waals surface area contributed by atoms with Gasteiger partial charge in [0.2, 0.25) is 5.91 Å². The molecule has 0 atom stereocenters. The molecule has 31 heavy (non-hydrogen) atoms. The number of methoxy groups -OCH3 is 2. The summed E-state index contributed by atoms with van der Waals surface area (Å²) in [7, 11) is 3.31. The molecular weight excluding hydrogens is 395 g/mol. The lowest BCUT2D eigenvalue weighted by Crippen LogP contribution is -2.47. The first kappa shape index (κ1) is 23.1. The summed E-state index contributed by atoms with van der Waals surface area (Å²) in [6.07, 6.45) is 2.96. The van der Waals surface area contributed by atoms with Crippen LogP contribution in [0.3, 0.4) is 0 Å². The fraction of sp³-hybridized carbons (Fsp3) is 0.480. The Morgan fingerprint density at radius 1 is 1.10 bits per heavy atom. The first-order valence-corrected chi connectivity index (χ1v) is 11.0. The number of carbonyl (C=O) groups excluding carboxylic acids is 1. The number of hydrogen-bond donors (Lipinski definition) is 0. The van der Waals surface area contributed by atoms with Crippen LogP contribution in [0.5, 0.6) is 11.5 Å². The highest BCUT2D eigenvalue weighted by atomic mass is 19.1. The Hall–Kier alpha value is -2.60. The number of benzene rings is 2. The molecular formula is C25H33FN2O3. The molecule has 0 bridgehead atoms. The largest absolute Gasteiger partial charge is 0.497 e.